The van der Waals surface area contributed by atoms with E-state index in [2.05, 4.69) is 27.6 Å². The second-order valence-electron chi connectivity index (χ2n) is 2.50. The number of halogens is 1. The second-order valence-corrected chi connectivity index (χ2v) is 3.06. The van der Waals surface area contributed by atoms with E-state index in [1.165, 1.54) is 10.9 Å². The van der Waals surface area contributed by atoms with Crippen LogP contribution in [0.25, 0.3) is 5.57 Å². The summed E-state index contributed by atoms with van der Waals surface area (Å²) in [7, 11) is 1.65. The Bertz CT molecular complexity index is 359. The van der Waals surface area contributed by atoms with E-state index in [0.717, 1.165) is 0 Å². The van der Waals surface area contributed by atoms with E-state index in [9.17, 15) is 10.1 Å². The van der Waals surface area contributed by atoms with Gasteiger partial charge in [-0.3, -0.25) is 14.8 Å². The van der Waals surface area contributed by atoms with Gasteiger partial charge < -0.3 is 0 Å². The van der Waals surface area contributed by atoms with Crippen LogP contribution in [0.2, 0.25) is 0 Å². The van der Waals surface area contributed by atoms with Crippen molar-refractivity contribution in [3.05, 3.63) is 28.6 Å². The number of hydrogen-bond donors (Lipinski definition) is 0. The summed E-state index contributed by atoms with van der Waals surface area (Å²) in [5.41, 5.74) is 1.10. The average Bonchev–Trinajstić information content (AvgIpc) is 2.46. The van der Waals surface area contributed by atoms with E-state index < -0.39 is 4.92 Å². The normalized spacial score (nSPS) is 10.0. The monoisotopic (exact) mass is 245 g/mol. The molecule has 0 fully saturated rings. The fourth-order valence-electron chi connectivity index (χ4n) is 1.03. The molecule has 5 nitrogen and oxygen atoms in total. The Morgan fingerprint density at radius 1 is 1.92 bits per heavy atom. The zero-order valence-corrected chi connectivity index (χ0v) is 8.61. The number of aromatic nitrogens is 2. The van der Waals surface area contributed by atoms with E-state index in [1.54, 1.807) is 7.05 Å². The number of alkyl halides is 1. The zero-order valence-electron chi connectivity index (χ0n) is 7.03. The lowest BCUT2D eigenvalue weighted by Crippen LogP contribution is -2.00. The van der Waals surface area contributed by atoms with Crippen LogP contribution in [0.15, 0.2) is 12.8 Å². The molecule has 1 heterocycles. The van der Waals surface area contributed by atoms with Gasteiger partial charge in [-0.1, -0.05) is 22.5 Å². The molecule has 1 rings (SSSR count). The second kappa shape index (κ2) is 3.69. The highest BCUT2D eigenvalue weighted by atomic mass is 79.9. The van der Waals surface area contributed by atoms with Crippen LogP contribution in [0.1, 0.15) is 5.69 Å². The summed E-state index contributed by atoms with van der Waals surface area (Å²) in [5, 5.41) is 14.8. The summed E-state index contributed by atoms with van der Waals surface area (Å²) in [4.78, 5) is 10.1. The lowest BCUT2D eigenvalue weighted by Gasteiger charge is -2.00. The maximum absolute atomic E-state index is 10.6. The highest BCUT2D eigenvalue weighted by Gasteiger charge is 2.20. The Morgan fingerprint density at radius 3 is 3.00 bits per heavy atom. The third-order valence-corrected chi connectivity index (χ3v) is 2.29. The summed E-state index contributed by atoms with van der Waals surface area (Å²) in [6.45, 7) is 3.71. The Kier molecular flexibility index (Phi) is 2.82. The Labute approximate surface area is 83.3 Å². The molecule has 0 aliphatic heterocycles. The van der Waals surface area contributed by atoms with Gasteiger partial charge >= 0.3 is 5.69 Å². The largest absolute Gasteiger partial charge is 0.314 e. The number of allylic oxidation sites excluding steroid dienone is 1. The Balaban J connectivity index is 3.24. The molecule has 70 valence electrons. The van der Waals surface area contributed by atoms with Crippen LogP contribution in [0.4, 0.5) is 5.69 Å². The van der Waals surface area contributed by atoms with Crippen molar-refractivity contribution >= 4 is 27.2 Å². The smallest absolute Gasteiger partial charge is 0.261 e. The molecule has 1 aromatic rings. The molecule has 0 aliphatic rings. The molecule has 0 atom stereocenters. The molecule has 13 heavy (non-hydrogen) atoms. The third kappa shape index (κ3) is 1.77. The first-order valence-corrected chi connectivity index (χ1v) is 4.60. The Morgan fingerprint density at radius 2 is 2.54 bits per heavy atom. The highest BCUT2D eigenvalue weighted by Crippen LogP contribution is 2.24. The van der Waals surface area contributed by atoms with E-state index >= 15 is 0 Å². The van der Waals surface area contributed by atoms with Crippen molar-refractivity contribution in [1.29, 1.82) is 0 Å². The van der Waals surface area contributed by atoms with Gasteiger partial charge in [0.2, 0.25) is 0 Å². The lowest BCUT2D eigenvalue weighted by atomic mass is 10.2. The van der Waals surface area contributed by atoms with Crippen LogP contribution in [-0.4, -0.2) is 20.0 Å². The maximum Gasteiger partial charge on any atom is 0.314 e. The molecule has 1 aromatic heterocycles. The van der Waals surface area contributed by atoms with Gasteiger partial charge in [-0.05, 0) is 5.57 Å². The molecular weight excluding hydrogens is 238 g/mol. The van der Waals surface area contributed by atoms with Gasteiger partial charge in [-0.15, -0.1) is 0 Å². The Hall–Kier alpha value is -1.17. The molecule has 0 aliphatic carbocycles. The van der Waals surface area contributed by atoms with Crippen molar-refractivity contribution in [3.8, 4) is 0 Å². The predicted octanol–water partition coefficient (Wildman–Crippen LogP) is 1.74. The first-order valence-electron chi connectivity index (χ1n) is 3.48. The third-order valence-electron chi connectivity index (χ3n) is 1.61. The molecule has 0 radical (unpaired) electrons. The number of aryl methyl sites for hydroxylation is 1. The van der Waals surface area contributed by atoms with Gasteiger partial charge in [0.05, 0.1) is 4.92 Å². The maximum atomic E-state index is 10.6. The molecule has 0 N–H and O–H groups in total. The quantitative estimate of drug-likeness (QED) is 0.463. The fourth-order valence-corrected chi connectivity index (χ4v) is 1.30. The van der Waals surface area contributed by atoms with Crippen LogP contribution in [0.5, 0.6) is 0 Å². The minimum absolute atomic E-state index is 0.00745. The number of nitro groups is 1. The standard InChI is InChI=1S/C7H8BrN3O2/c1-5(3-8)7-6(11(12)13)4-9-10(7)2/h4H,1,3H2,2H3. The first kappa shape index (κ1) is 9.91. The number of nitrogens with zero attached hydrogens (tertiary/aromatic N) is 3. The summed E-state index contributed by atoms with van der Waals surface area (Å²) in [6, 6.07) is 0. The van der Waals surface area contributed by atoms with Crippen LogP contribution in [0.3, 0.4) is 0 Å². The van der Waals surface area contributed by atoms with E-state index in [-0.39, 0.29) is 5.69 Å². The zero-order chi connectivity index (χ0) is 10.0. The van der Waals surface area contributed by atoms with Gasteiger partial charge in [0.1, 0.15) is 11.9 Å². The van der Waals surface area contributed by atoms with Gasteiger partial charge in [0.15, 0.2) is 0 Å². The van der Waals surface area contributed by atoms with E-state index in [4.69, 9.17) is 0 Å². The van der Waals surface area contributed by atoms with Crippen molar-refractivity contribution in [3.63, 3.8) is 0 Å². The molecule has 0 spiro atoms. The van der Waals surface area contributed by atoms with Crippen LogP contribution in [0, 0.1) is 10.1 Å². The summed E-state index contributed by atoms with van der Waals surface area (Å²) >= 11 is 3.19. The molecule has 0 saturated heterocycles. The van der Waals surface area contributed by atoms with Gasteiger partial charge in [0.25, 0.3) is 0 Å². The molecule has 0 bridgehead atoms. The van der Waals surface area contributed by atoms with Gasteiger partial charge in [-0.25, -0.2) is 0 Å². The lowest BCUT2D eigenvalue weighted by molar-refractivity contribution is -0.385. The molecular formula is C7H8BrN3O2. The fraction of sp³-hybridized carbons (Fsp3) is 0.286. The number of hydrogen-bond acceptors (Lipinski definition) is 3. The van der Waals surface area contributed by atoms with Crippen molar-refractivity contribution in [2.75, 3.05) is 5.33 Å². The van der Waals surface area contributed by atoms with Crippen LogP contribution >= 0.6 is 15.9 Å². The SMILES string of the molecule is C=C(CBr)c1c([N+](=O)[O-])cnn1C. The summed E-state index contributed by atoms with van der Waals surface area (Å²) in [5.74, 6) is 0. The topological polar surface area (TPSA) is 61.0 Å². The first-order chi connectivity index (χ1) is 6.07. The van der Waals surface area contributed by atoms with Crippen molar-refractivity contribution in [1.82, 2.24) is 9.78 Å². The molecule has 0 saturated carbocycles. The van der Waals surface area contributed by atoms with Crippen molar-refractivity contribution < 1.29 is 4.92 Å². The number of rotatable bonds is 3. The van der Waals surface area contributed by atoms with E-state index in [1.807, 2.05) is 0 Å². The molecule has 0 aromatic carbocycles. The molecule has 6 heteroatoms. The molecule has 0 amide bonds. The van der Waals surface area contributed by atoms with Crippen LogP contribution < -0.4 is 0 Å². The molecule has 0 unspecified atom stereocenters. The summed E-state index contributed by atoms with van der Waals surface area (Å²) < 4.78 is 1.45. The minimum Gasteiger partial charge on any atom is -0.261 e. The minimum atomic E-state index is -0.462. The highest BCUT2D eigenvalue weighted by molar-refractivity contribution is 9.09. The van der Waals surface area contributed by atoms with Crippen molar-refractivity contribution in [2.45, 2.75) is 0 Å². The van der Waals surface area contributed by atoms with Gasteiger partial charge in [-0.2, -0.15) is 5.10 Å². The predicted molar refractivity (Wildman–Crippen MR) is 52.7 cm³/mol. The summed E-state index contributed by atoms with van der Waals surface area (Å²) in [6.07, 6.45) is 1.23. The van der Waals surface area contributed by atoms with Gasteiger partial charge in [0, 0.05) is 12.4 Å². The average molecular weight is 246 g/mol. The van der Waals surface area contributed by atoms with Crippen LogP contribution in [-0.2, 0) is 7.05 Å². The van der Waals surface area contributed by atoms with Crippen molar-refractivity contribution in [2.24, 2.45) is 7.05 Å². The van der Waals surface area contributed by atoms with E-state index in [0.29, 0.717) is 16.6 Å².